The lowest BCUT2D eigenvalue weighted by Gasteiger charge is -2.14. The maximum atomic E-state index is 10.4. The van der Waals surface area contributed by atoms with Gasteiger partial charge in [-0.1, -0.05) is 6.42 Å². The van der Waals surface area contributed by atoms with Gasteiger partial charge in [-0.2, -0.15) is 0 Å². The van der Waals surface area contributed by atoms with Gasteiger partial charge < -0.3 is 4.79 Å². The van der Waals surface area contributed by atoms with Crippen LogP contribution in [0, 0.1) is 17.8 Å². The van der Waals surface area contributed by atoms with Gasteiger partial charge >= 0.3 is 0 Å². The van der Waals surface area contributed by atoms with Crippen LogP contribution in [0.3, 0.4) is 0 Å². The number of carbonyl (C=O) groups excluding carboxylic acids is 1. The first kappa shape index (κ1) is 5.45. The molecule has 0 unspecified atom stereocenters. The molecular formula is C8H12O. The summed E-state index contributed by atoms with van der Waals surface area (Å²) in [5.41, 5.74) is 0. The van der Waals surface area contributed by atoms with E-state index in [-0.39, 0.29) is 0 Å². The van der Waals surface area contributed by atoms with E-state index >= 15 is 0 Å². The summed E-state index contributed by atoms with van der Waals surface area (Å²) in [6, 6.07) is 0. The highest BCUT2D eigenvalue weighted by Crippen LogP contribution is 2.47. The highest BCUT2D eigenvalue weighted by Gasteiger charge is 2.38. The van der Waals surface area contributed by atoms with E-state index in [9.17, 15) is 4.79 Å². The molecule has 2 fully saturated rings. The Bertz CT molecular complexity index is 131. The number of hydrogen-bond acceptors (Lipinski definition) is 1. The van der Waals surface area contributed by atoms with Crippen molar-refractivity contribution < 1.29 is 4.79 Å². The molecule has 0 amide bonds. The van der Waals surface area contributed by atoms with Crippen molar-refractivity contribution in [2.75, 3.05) is 0 Å². The predicted molar refractivity (Wildman–Crippen MR) is 35.0 cm³/mol. The fourth-order valence-electron chi connectivity index (χ4n) is 2.46. The highest BCUT2D eigenvalue weighted by atomic mass is 16.1. The van der Waals surface area contributed by atoms with Crippen LogP contribution in [0.1, 0.15) is 25.7 Å². The standard InChI is InChI=1S/C8H12O/c9-5-8-4-6-1-2-7(8)3-6/h5-8H,1-4H2/t6-,7-,8-/m0/s1. The molecule has 9 heavy (non-hydrogen) atoms. The Kier molecular flexibility index (Phi) is 1.11. The maximum absolute atomic E-state index is 10.4. The van der Waals surface area contributed by atoms with Crippen LogP contribution in [0.15, 0.2) is 0 Å². The molecule has 2 saturated carbocycles. The smallest absolute Gasteiger partial charge is 0.123 e. The van der Waals surface area contributed by atoms with E-state index in [1.807, 2.05) is 0 Å². The summed E-state index contributed by atoms with van der Waals surface area (Å²) < 4.78 is 0. The van der Waals surface area contributed by atoms with E-state index in [0.29, 0.717) is 5.92 Å². The fourth-order valence-corrected chi connectivity index (χ4v) is 2.46. The first-order valence-corrected chi connectivity index (χ1v) is 3.85. The largest absolute Gasteiger partial charge is 0.303 e. The Balaban J connectivity index is 2.09. The minimum atomic E-state index is 0.448. The lowest BCUT2D eigenvalue weighted by molar-refractivity contribution is -0.112. The molecule has 0 radical (unpaired) electrons. The summed E-state index contributed by atoms with van der Waals surface area (Å²) in [6.07, 6.45) is 6.45. The van der Waals surface area contributed by atoms with Crippen LogP contribution in [-0.2, 0) is 4.79 Å². The topological polar surface area (TPSA) is 17.1 Å². The summed E-state index contributed by atoms with van der Waals surface area (Å²) in [7, 11) is 0. The van der Waals surface area contributed by atoms with E-state index in [1.54, 1.807) is 0 Å². The van der Waals surface area contributed by atoms with Crippen molar-refractivity contribution in [3.05, 3.63) is 0 Å². The zero-order valence-electron chi connectivity index (χ0n) is 5.55. The molecule has 2 aliphatic rings. The molecule has 50 valence electrons. The van der Waals surface area contributed by atoms with Gasteiger partial charge in [0.05, 0.1) is 0 Å². The summed E-state index contributed by atoms with van der Waals surface area (Å²) in [4.78, 5) is 10.4. The number of carbonyl (C=O) groups is 1. The third-order valence-corrected chi connectivity index (χ3v) is 2.97. The Morgan fingerprint density at radius 1 is 1.22 bits per heavy atom. The minimum absolute atomic E-state index is 0.448. The van der Waals surface area contributed by atoms with Crippen molar-refractivity contribution in [1.82, 2.24) is 0 Å². The maximum Gasteiger partial charge on any atom is 0.123 e. The first-order valence-electron chi connectivity index (χ1n) is 3.85. The molecule has 2 aliphatic carbocycles. The Morgan fingerprint density at radius 3 is 2.44 bits per heavy atom. The predicted octanol–water partition coefficient (Wildman–Crippen LogP) is 1.62. The fraction of sp³-hybridized carbons (Fsp3) is 0.875. The first-order chi connectivity index (χ1) is 4.40. The molecule has 0 aromatic heterocycles. The average molecular weight is 124 g/mol. The van der Waals surface area contributed by atoms with E-state index < -0.39 is 0 Å². The molecule has 1 nitrogen and oxygen atoms in total. The number of rotatable bonds is 1. The zero-order chi connectivity index (χ0) is 6.27. The van der Waals surface area contributed by atoms with Crippen molar-refractivity contribution in [2.24, 2.45) is 17.8 Å². The van der Waals surface area contributed by atoms with Gasteiger partial charge in [-0.3, -0.25) is 0 Å². The van der Waals surface area contributed by atoms with Crippen LogP contribution in [-0.4, -0.2) is 6.29 Å². The Labute approximate surface area is 55.4 Å². The molecule has 2 rings (SSSR count). The van der Waals surface area contributed by atoms with Crippen LogP contribution >= 0.6 is 0 Å². The molecule has 2 bridgehead atoms. The van der Waals surface area contributed by atoms with Crippen LogP contribution in [0.2, 0.25) is 0 Å². The molecule has 3 atom stereocenters. The van der Waals surface area contributed by atoms with Crippen LogP contribution in [0.5, 0.6) is 0 Å². The van der Waals surface area contributed by atoms with Gasteiger partial charge in [0.1, 0.15) is 6.29 Å². The van der Waals surface area contributed by atoms with Crippen molar-refractivity contribution in [3.63, 3.8) is 0 Å². The Morgan fingerprint density at radius 2 is 2.11 bits per heavy atom. The van der Waals surface area contributed by atoms with Crippen LogP contribution < -0.4 is 0 Å². The Hall–Kier alpha value is -0.330. The summed E-state index contributed by atoms with van der Waals surface area (Å²) in [5.74, 6) is 2.15. The zero-order valence-corrected chi connectivity index (χ0v) is 5.55. The SMILES string of the molecule is O=C[C@@H]1C[C@H]2CC[C@H]1C2. The van der Waals surface area contributed by atoms with E-state index in [1.165, 1.54) is 32.0 Å². The average Bonchev–Trinajstić information content (AvgIpc) is 2.45. The lowest BCUT2D eigenvalue weighted by Crippen LogP contribution is -2.10. The van der Waals surface area contributed by atoms with Crippen molar-refractivity contribution in [2.45, 2.75) is 25.7 Å². The van der Waals surface area contributed by atoms with Gasteiger partial charge in [0, 0.05) is 5.92 Å². The minimum Gasteiger partial charge on any atom is -0.303 e. The lowest BCUT2D eigenvalue weighted by atomic mass is 9.90. The third-order valence-electron chi connectivity index (χ3n) is 2.97. The molecule has 0 heterocycles. The van der Waals surface area contributed by atoms with Crippen molar-refractivity contribution in [3.8, 4) is 0 Å². The van der Waals surface area contributed by atoms with Gasteiger partial charge in [0.2, 0.25) is 0 Å². The van der Waals surface area contributed by atoms with Crippen molar-refractivity contribution in [1.29, 1.82) is 0 Å². The van der Waals surface area contributed by atoms with Crippen LogP contribution in [0.4, 0.5) is 0 Å². The molecule has 0 aliphatic heterocycles. The van der Waals surface area contributed by atoms with Gasteiger partial charge in [0.15, 0.2) is 0 Å². The molecule has 0 spiro atoms. The normalized spacial score (nSPS) is 47.8. The number of hydrogen-bond donors (Lipinski definition) is 0. The second kappa shape index (κ2) is 1.83. The van der Waals surface area contributed by atoms with Crippen LogP contribution in [0.25, 0.3) is 0 Å². The van der Waals surface area contributed by atoms with Gasteiger partial charge in [-0.15, -0.1) is 0 Å². The second-order valence-electron chi connectivity index (χ2n) is 3.47. The molecular weight excluding hydrogens is 112 g/mol. The third kappa shape index (κ3) is 0.707. The molecule has 0 saturated heterocycles. The molecule has 0 aromatic carbocycles. The summed E-state index contributed by atoms with van der Waals surface area (Å²) in [5, 5.41) is 0. The van der Waals surface area contributed by atoms with E-state index in [4.69, 9.17) is 0 Å². The van der Waals surface area contributed by atoms with Crippen molar-refractivity contribution >= 4 is 6.29 Å². The van der Waals surface area contributed by atoms with E-state index in [0.717, 1.165) is 11.8 Å². The van der Waals surface area contributed by atoms with Gasteiger partial charge in [-0.25, -0.2) is 0 Å². The number of fused-ring (bicyclic) bond motifs is 2. The molecule has 0 aromatic rings. The molecule has 0 N–H and O–H groups in total. The summed E-state index contributed by atoms with van der Waals surface area (Å²) in [6.45, 7) is 0. The van der Waals surface area contributed by atoms with Gasteiger partial charge in [0.25, 0.3) is 0 Å². The highest BCUT2D eigenvalue weighted by molar-refractivity contribution is 5.55. The second-order valence-corrected chi connectivity index (χ2v) is 3.47. The van der Waals surface area contributed by atoms with E-state index in [2.05, 4.69) is 0 Å². The quantitative estimate of drug-likeness (QED) is 0.485. The number of aldehydes is 1. The monoisotopic (exact) mass is 124 g/mol. The van der Waals surface area contributed by atoms with Gasteiger partial charge in [-0.05, 0) is 31.1 Å². The molecule has 1 heteroatoms. The summed E-state index contributed by atoms with van der Waals surface area (Å²) >= 11 is 0.